The van der Waals surface area contributed by atoms with E-state index >= 15 is 0 Å². The number of nitrogens with zero attached hydrogens (tertiary/aromatic N) is 1. The SMILES string of the molecule is O=[N+]([O-])c1ccc(CC(Cl)C2Cc3ccccc32)cc1. The van der Waals surface area contributed by atoms with E-state index in [9.17, 15) is 10.1 Å². The van der Waals surface area contributed by atoms with Crippen LogP contribution in [0.15, 0.2) is 48.5 Å². The molecule has 2 unspecified atom stereocenters. The standard InChI is InChI=1S/C16H14ClNO2/c17-16(15-10-12-3-1-2-4-14(12)15)9-11-5-7-13(8-6-11)18(19)20/h1-8,15-16H,9-10H2. The van der Waals surface area contributed by atoms with Gasteiger partial charge in [-0.25, -0.2) is 0 Å². The Morgan fingerprint density at radius 2 is 1.90 bits per heavy atom. The van der Waals surface area contributed by atoms with Gasteiger partial charge in [-0.05, 0) is 29.5 Å². The maximum Gasteiger partial charge on any atom is 0.269 e. The average Bonchev–Trinajstić information content (AvgIpc) is 2.41. The van der Waals surface area contributed by atoms with E-state index in [1.165, 1.54) is 23.3 Å². The lowest BCUT2D eigenvalue weighted by molar-refractivity contribution is -0.384. The van der Waals surface area contributed by atoms with Gasteiger partial charge >= 0.3 is 0 Å². The third kappa shape index (κ3) is 2.41. The van der Waals surface area contributed by atoms with Gasteiger partial charge in [0.25, 0.3) is 5.69 Å². The molecule has 1 aliphatic rings. The number of hydrogen-bond donors (Lipinski definition) is 0. The zero-order valence-corrected chi connectivity index (χ0v) is 11.6. The fourth-order valence-corrected chi connectivity index (χ4v) is 3.14. The average molecular weight is 288 g/mol. The van der Waals surface area contributed by atoms with Crippen molar-refractivity contribution in [3.63, 3.8) is 0 Å². The van der Waals surface area contributed by atoms with Crippen LogP contribution in [0.3, 0.4) is 0 Å². The van der Waals surface area contributed by atoms with Gasteiger partial charge < -0.3 is 0 Å². The molecular formula is C16H14ClNO2. The summed E-state index contributed by atoms with van der Waals surface area (Å²) in [5, 5.41) is 10.6. The molecule has 102 valence electrons. The summed E-state index contributed by atoms with van der Waals surface area (Å²) in [7, 11) is 0. The quantitative estimate of drug-likeness (QED) is 0.483. The highest BCUT2D eigenvalue weighted by atomic mass is 35.5. The topological polar surface area (TPSA) is 43.1 Å². The van der Waals surface area contributed by atoms with E-state index in [0.29, 0.717) is 5.92 Å². The van der Waals surface area contributed by atoms with Gasteiger partial charge in [0.2, 0.25) is 0 Å². The van der Waals surface area contributed by atoms with Gasteiger partial charge in [0.1, 0.15) is 0 Å². The van der Waals surface area contributed by atoms with Crippen molar-refractivity contribution in [2.45, 2.75) is 24.1 Å². The maximum absolute atomic E-state index is 10.6. The molecule has 0 amide bonds. The van der Waals surface area contributed by atoms with Crippen LogP contribution in [-0.4, -0.2) is 10.3 Å². The molecule has 2 aromatic carbocycles. The van der Waals surface area contributed by atoms with Crippen molar-refractivity contribution in [3.05, 3.63) is 75.3 Å². The van der Waals surface area contributed by atoms with Crippen molar-refractivity contribution in [2.75, 3.05) is 0 Å². The zero-order chi connectivity index (χ0) is 14.1. The number of alkyl halides is 1. The van der Waals surface area contributed by atoms with Crippen molar-refractivity contribution in [1.29, 1.82) is 0 Å². The van der Waals surface area contributed by atoms with Gasteiger partial charge in [0.05, 0.1) is 4.92 Å². The normalized spacial score (nSPS) is 17.9. The summed E-state index contributed by atoms with van der Waals surface area (Å²) in [4.78, 5) is 10.2. The second-order valence-electron chi connectivity index (χ2n) is 5.15. The fraction of sp³-hybridized carbons (Fsp3) is 0.250. The summed E-state index contributed by atoms with van der Waals surface area (Å²) in [6, 6.07) is 15.0. The molecular weight excluding hydrogens is 274 g/mol. The number of fused-ring (bicyclic) bond motifs is 1. The molecule has 0 saturated heterocycles. The molecule has 2 atom stereocenters. The lowest BCUT2D eigenvalue weighted by atomic mass is 9.74. The molecule has 0 radical (unpaired) electrons. The van der Waals surface area contributed by atoms with Crippen LogP contribution >= 0.6 is 11.6 Å². The summed E-state index contributed by atoms with van der Waals surface area (Å²) in [6.45, 7) is 0. The number of rotatable bonds is 4. The molecule has 0 bridgehead atoms. The summed E-state index contributed by atoms with van der Waals surface area (Å²) >= 11 is 6.51. The molecule has 0 saturated carbocycles. The highest BCUT2D eigenvalue weighted by Gasteiger charge is 2.31. The van der Waals surface area contributed by atoms with E-state index in [2.05, 4.69) is 18.2 Å². The molecule has 3 rings (SSSR count). The van der Waals surface area contributed by atoms with Gasteiger partial charge in [-0.3, -0.25) is 10.1 Å². The second kappa shape index (κ2) is 5.25. The predicted molar refractivity (Wildman–Crippen MR) is 79.3 cm³/mol. The van der Waals surface area contributed by atoms with E-state index in [4.69, 9.17) is 11.6 Å². The first kappa shape index (κ1) is 13.1. The summed E-state index contributed by atoms with van der Waals surface area (Å²) < 4.78 is 0. The number of hydrogen-bond acceptors (Lipinski definition) is 2. The minimum absolute atomic E-state index is 0.0337. The van der Waals surface area contributed by atoms with Crippen molar-refractivity contribution < 1.29 is 4.92 Å². The van der Waals surface area contributed by atoms with E-state index < -0.39 is 0 Å². The monoisotopic (exact) mass is 287 g/mol. The Bertz CT molecular complexity index is 639. The zero-order valence-electron chi connectivity index (χ0n) is 10.8. The first-order valence-electron chi connectivity index (χ1n) is 6.60. The molecule has 0 aliphatic heterocycles. The minimum atomic E-state index is -0.385. The van der Waals surface area contributed by atoms with Gasteiger partial charge in [0.15, 0.2) is 0 Å². The molecule has 2 aromatic rings. The van der Waals surface area contributed by atoms with E-state index in [-0.39, 0.29) is 16.0 Å². The van der Waals surface area contributed by atoms with Crippen LogP contribution in [0.25, 0.3) is 0 Å². The second-order valence-corrected chi connectivity index (χ2v) is 5.71. The van der Waals surface area contributed by atoms with Crippen molar-refractivity contribution in [3.8, 4) is 0 Å². The molecule has 0 spiro atoms. The first-order valence-corrected chi connectivity index (χ1v) is 7.04. The van der Waals surface area contributed by atoms with Crippen LogP contribution < -0.4 is 0 Å². The van der Waals surface area contributed by atoms with Gasteiger partial charge in [-0.1, -0.05) is 36.4 Å². The number of nitro benzene ring substituents is 1. The predicted octanol–water partition coefficient (Wildman–Crippen LogP) is 4.08. The molecule has 0 fully saturated rings. The Morgan fingerprint density at radius 1 is 1.20 bits per heavy atom. The Kier molecular flexibility index (Phi) is 3.45. The van der Waals surface area contributed by atoms with Crippen molar-refractivity contribution in [2.24, 2.45) is 0 Å². The Hall–Kier alpha value is -1.87. The largest absolute Gasteiger partial charge is 0.269 e. The summed E-state index contributed by atoms with van der Waals surface area (Å²) in [5.74, 6) is 0.392. The first-order chi connectivity index (χ1) is 9.65. The van der Waals surface area contributed by atoms with Gasteiger partial charge in [0, 0.05) is 23.4 Å². The smallest absolute Gasteiger partial charge is 0.258 e. The van der Waals surface area contributed by atoms with Crippen molar-refractivity contribution in [1.82, 2.24) is 0 Å². The maximum atomic E-state index is 10.6. The lowest BCUT2D eigenvalue weighted by Gasteiger charge is -2.33. The fourth-order valence-electron chi connectivity index (χ4n) is 2.74. The third-order valence-corrected chi connectivity index (χ3v) is 4.37. The third-order valence-electron chi connectivity index (χ3n) is 3.91. The van der Waals surface area contributed by atoms with Crippen LogP contribution in [0.4, 0.5) is 5.69 Å². The Balaban J connectivity index is 1.68. The van der Waals surface area contributed by atoms with Crippen LogP contribution in [0.1, 0.15) is 22.6 Å². The highest BCUT2D eigenvalue weighted by Crippen LogP contribution is 2.40. The van der Waals surface area contributed by atoms with Crippen molar-refractivity contribution >= 4 is 17.3 Å². The van der Waals surface area contributed by atoms with Crippen LogP contribution in [0, 0.1) is 10.1 Å². The van der Waals surface area contributed by atoms with Crippen LogP contribution in [0.5, 0.6) is 0 Å². The summed E-state index contributed by atoms with van der Waals surface area (Å²) in [6.07, 6.45) is 1.76. The molecule has 1 aliphatic carbocycles. The number of non-ortho nitro benzene ring substituents is 1. The molecule has 20 heavy (non-hydrogen) atoms. The van der Waals surface area contributed by atoms with E-state index in [1.54, 1.807) is 12.1 Å². The Morgan fingerprint density at radius 3 is 2.55 bits per heavy atom. The van der Waals surface area contributed by atoms with Gasteiger partial charge in [-0.15, -0.1) is 11.6 Å². The minimum Gasteiger partial charge on any atom is -0.258 e. The molecule has 4 heteroatoms. The highest BCUT2D eigenvalue weighted by molar-refractivity contribution is 6.21. The number of nitro groups is 1. The van der Waals surface area contributed by atoms with E-state index in [1.807, 2.05) is 6.07 Å². The van der Waals surface area contributed by atoms with E-state index in [0.717, 1.165) is 18.4 Å². The number of benzene rings is 2. The summed E-state index contributed by atoms with van der Waals surface area (Å²) in [5.41, 5.74) is 3.88. The molecule has 0 heterocycles. The van der Waals surface area contributed by atoms with Gasteiger partial charge in [-0.2, -0.15) is 0 Å². The molecule has 0 N–H and O–H groups in total. The van der Waals surface area contributed by atoms with Crippen LogP contribution in [0.2, 0.25) is 0 Å². The Labute approximate surface area is 122 Å². The van der Waals surface area contributed by atoms with Crippen LogP contribution in [-0.2, 0) is 12.8 Å². The molecule has 3 nitrogen and oxygen atoms in total. The lowest BCUT2D eigenvalue weighted by Crippen LogP contribution is -2.26. The number of halogens is 1. The molecule has 0 aromatic heterocycles.